The Kier molecular flexibility index (Phi) is 5.19. The van der Waals surface area contributed by atoms with Gasteiger partial charge in [-0.3, -0.25) is 4.79 Å². The molecule has 0 aliphatic carbocycles. The summed E-state index contributed by atoms with van der Waals surface area (Å²) >= 11 is 12.2. The maximum absolute atomic E-state index is 12.8. The van der Waals surface area contributed by atoms with E-state index in [4.69, 9.17) is 23.2 Å². The number of carbonyl (C=O) groups excluding carboxylic acids is 1. The van der Waals surface area contributed by atoms with Crippen LogP contribution < -0.4 is 4.90 Å². The van der Waals surface area contributed by atoms with E-state index >= 15 is 0 Å². The normalized spacial score (nSPS) is 14.4. The SMILES string of the molecule is Cc1nc(N2CCN(C(=O)c3cc(Cl)ccc3Cl)CC2)cc(-n2cccn2)n1. The third-order valence-electron chi connectivity index (χ3n) is 4.60. The molecule has 0 unspecified atom stereocenters. The van der Waals surface area contributed by atoms with Crippen LogP contribution in [0.5, 0.6) is 0 Å². The number of hydrogen-bond acceptors (Lipinski definition) is 5. The molecule has 7 nitrogen and oxygen atoms in total. The molecule has 1 saturated heterocycles. The van der Waals surface area contributed by atoms with E-state index in [1.165, 1.54) is 0 Å². The minimum Gasteiger partial charge on any atom is -0.353 e. The van der Waals surface area contributed by atoms with Crippen molar-refractivity contribution in [3.63, 3.8) is 0 Å². The highest BCUT2D eigenvalue weighted by atomic mass is 35.5. The molecule has 0 bridgehead atoms. The Hall–Kier alpha value is -2.64. The number of benzene rings is 1. The first-order chi connectivity index (χ1) is 13.5. The van der Waals surface area contributed by atoms with Gasteiger partial charge < -0.3 is 9.80 Å². The number of hydrogen-bond donors (Lipinski definition) is 0. The molecule has 0 radical (unpaired) electrons. The number of aromatic nitrogens is 4. The quantitative estimate of drug-likeness (QED) is 0.655. The van der Waals surface area contributed by atoms with Crippen LogP contribution in [0.1, 0.15) is 16.2 Å². The summed E-state index contributed by atoms with van der Waals surface area (Å²) in [5, 5.41) is 5.13. The van der Waals surface area contributed by atoms with E-state index in [1.807, 2.05) is 25.3 Å². The highest BCUT2D eigenvalue weighted by Gasteiger charge is 2.25. The average molecular weight is 417 g/mol. The lowest BCUT2D eigenvalue weighted by Gasteiger charge is -2.35. The van der Waals surface area contributed by atoms with Gasteiger partial charge in [-0.2, -0.15) is 5.10 Å². The summed E-state index contributed by atoms with van der Waals surface area (Å²) in [6.07, 6.45) is 3.55. The number of carbonyl (C=O) groups is 1. The third kappa shape index (κ3) is 3.81. The van der Waals surface area contributed by atoms with Crippen LogP contribution in [0, 0.1) is 6.92 Å². The summed E-state index contributed by atoms with van der Waals surface area (Å²) in [5.41, 5.74) is 0.432. The van der Waals surface area contributed by atoms with E-state index in [1.54, 1.807) is 34.0 Å². The van der Waals surface area contributed by atoms with Crippen LogP contribution in [0.3, 0.4) is 0 Å². The lowest BCUT2D eigenvalue weighted by Crippen LogP contribution is -2.49. The first-order valence-corrected chi connectivity index (χ1v) is 9.62. The second kappa shape index (κ2) is 7.77. The number of nitrogens with zero attached hydrogens (tertiary/aromatic N) is 6. The molecule has 3 aromatic rings. The van der Waals surface area contributed by atoms with E-state index in [0.29, 0.717) is 47.6 Å². The molecule has 0 spiro atoms. The van der Waals surface area contributed by atoms with Crippen molar-refractivity contribution in [2.24, 2.45) is 0 Å². The van der Waals surface area contributed by atoms with Crippen molar-refractivity contribution < 1.29 is 4.79 Å². The van der Waals surface area contributed by atoms with Crippen molar-refractivity contribution in [2.45, 2.75) is 6.92 Å². The third-order valence-corrected chi connectivity index (χ3v) is 5.16. The zero-order valence-corrected chi connectivity index (χ0v) is 16.7. The average Bonchev–Trinajstić information content (AvgIpc) is 3.24. The summed E-state index contributed by atoms with van der Waals surface area (Å²) in [4.78, 5) is 25.7. The largest absolute Gasteiger partial charge is 0.353 e. The van der Waals surface area contributed by atoms with E-state index in [0.717, 1.165) is 11.6 Å². The van der Waals surface area contributed by atoms with Crippen molar-refractivity contribution in [1.82, 2.24) is 24.6 Å². The maximum Gasteiger partial charge on any atom is 0.255 e. The van der Waals surface area contributed by atoms with Crippen molar-refractivity contribution in [1.29, 1.82) is 0 Å². The van der Waals surface area contributed by atoms with Gasteiger partial charge in [0.1, 0.15) is 11.6 Å². The van der Waals surface area contributed by atoms with Crippen molar-refractivity contribution in [2.75, 3.05) is 31.1 Å². The number of aryl methyl sites for hydroxylation is 1. The molecule has 1 amide bonds. The topological polar surface area (TPSA) is 67.2 Å². The molecule has 1 aromatic carbocycles. The molecule has 28 heavy (non-hydrogen) atoms. The number of halogens is 2. The van der Waals surface area contributed by atoms with Crippen molar-refractivity contribution in [3.05, 3.63) is 64.2 Å². The monoisotopic (exact) mass is 416 g/mol. The summed E-state index contributed by atoms with van der Waals surface area (Å²) in [6, 6.07) is 8.69. The zero-order valence-electron chi connectivity index (χ0n) is 15.2. The molecule has 2 aromatic heterocycles. The predicted molar refractivity (Wildman–Crippen MR) is 108 cm³/mol. The van der Waals surface area contributed by atoms with Gasteiger partial charge in [0.25, 0.3) is 5.91 Å². The summed E-state index contributed by atoms with van der Waals surface area (Å²) < 4.78 is 1.71. The van der Waals surface area contributed by atoms with Crippen LogP contribution in [0.4, 0.5) is 5.82 Å². The first kappa shape index (κ1) is 18.7. The molecule has 9 heteroatoms. The Bertz CT molecular complexity index is 1000. The zero-order chi connectivity index (χ0) is 19.7. The Labute approximate surface area is 172 Å². The second-order valence-corrected chi connectivity index (χ2v) is 7.33. The number of rotatable bonds is 3. The molecule has 1 aliphatic rings. The molecule has 1 fully saturated rings. The highest BCUT2D eigenvalue weighted by Crippen LogP contribution is 2.23. The smallest absolute Gasteiger partial charge is 0.255 e. The fraction of sp³-hybridized carbons (Fsp3) is 0.263. The fourth-order valence-corrected chi connectivity index (χ4v) is 3.56. The Morgan fingerprint density at radius 1 is 1.04 bits per heavy atom. The molecular weight excluding hydrogens is 399 g/mol. The van der Waals surface area contributed by atoms with E-state index < -0.39 is 0 Å². The molecular formula is C19H18Cl2N6O. The molecule has 0 saturated carbocycles. The Balaban J connectivity index is 1.49. The van der Waals surface area contributed by atoms with Gasteiger partial charge in [-0.05, 0) is 31.2 Å². The predicted octanol–water partition coefficient (Wildman–Crippen LogP) is 3.24. The molecule has 4 rings (SSSR count). The molecule has 0 atom stereocenters. The van der Waals surface area contributed by atoms with Gasteiger partial charge in [0.05, 0.1) is 10.6 Å². The van der Waals surface area contributed by atoms with Crippen molar-refractivity contribution >= 4 is 34.9 Å². The van der Waals surface area contributed by atoms with Gasteiger partial charge in [-0.25, -0.2) is 14.6 Å². The van der Waals surface area contributed by atoms with Crippen LogP contribution in [-0.4, -0.2) is 56.7 Å². The van der Waals surface area contributed by atoms with Crippen LogP contribution in [0.25, 0.3) is 5.82 Å². The number of piperazine rings is 1. The van der Waals surface area contributed by atoms with Gasteiger partial charge in [-0.1, -0.05) is 23.2 Å². The van der Waals surface area contributed by atoms with Crippen molar-refractivity contribution in [3.8, 4) is 5.82 Å². The van der Waals surface area contributed by atoms with Crippen LogP contribution in [0.15, 0.2) is 42.7 Å². The first-order valence-electron chi connectivity index (χ1n) is 8.86. The minimum absolute atomic E-state index is 0.108. The van der Waals surface area contributed by atoms with Gasteiger partial charge in [0.2, 0.25) is 0 Å². The van der Waals surface area contributed by atoms with E-state index in [-0.39, 0.29) is 5.91 Å². The molecule has 0 N–H and O–H groups in total. The fourth-order valence-electron chi connectivity index (χ4n) is 3.19. The summed E-state index contributed by atoms with van der Waals surface area (Å²) in [6.45, 7) is 4.33. The van der Waals surface area contributed by atoms with Gasteiger partial charge in [-0.15, -0.1) is 0 Å². The molecule has 144 valence electrons. The Morgan fingerprint density at radius 2 is 1.79 bits per heavy atom. The summed E-state index contributed by atoms with van der Waals surface area (Å²) in [7, 11) is 0. The Morgan fingerprint density at radius 3 is 2.50 bits per heavy atom. The molecule has 1 aliphatic heterocycles. The second-order valence-electron chi connectivity index (χ2n) is 6.49. The van der Waals surface area contributed by atoms with Crippen LogP contribution in [-0.2, 0) is 0 Å². The highest BCUT2D eigenvalue weighted by molar-refractivity contribution is 6.35. The number of anilines is 1. The van der Waals surface area contributed by atoms with Gasteiger partial charge >= 0.3 is 0 Å². The van der Waals surface area contributed by atoms with Crippen LogP contribution >= 0.6 is 23.2 Å². The standard InChI is InChI=1S/C19H18Cl2N6O/c1-13-23-17(12-18(24-13)27-6-2-5-22-27)25-7-9-26(10-8-25)19(28)15-11-14(20)3-4-16(15)21/h2-6,11-12H,7-10H2,1H3. The maximum atomic E-state index is 12.8. The molecule has 3 heterocycles. The van der Waals surface area contributed by atoms with Crippen LogP contribution in [0.2, 0.25) is 10.0 Å². The number of amides is 1. The van der Waals surface area contributed by atoms with E-state index in [9.17, 15) is 4.79 Å². The lowest BCUT2D eigenvalue weighted by atomic mass is 10.1. The minimum atomic E-state index is -0.108. The summed E-state index contributed by atoms with van der Waals surface area (Å²) in [5.74, 6) is 2.11. The van der Waals surface area contributed by atoms with Gasteiger partial charge in [0, 0.05) is 49.7 Å². The lowest BCUT2D eigenvalue weighted by molar-refractivity contribution is 0.0746. The van der Waals surface area contributed by atoms with Gasteiger partial charge in [0.15, 0.2) is 5.82 Å². The van der Waals surface area contributed by atoms with E-state index in [2.05, 4.69) is 20.0 Å².